The number of para-hydroxylation sites is 1. The zero-order chi connectivity index (χ0) is 8.55. The minimum absolute atomic E-state index is 0.575. The molecule has 1 nitrogen and oxygen atoms in total. The van der Waals surface area contributed by atoms with E-state index >= 15 is 0 Å². The standard InChI is InChI=1S/C10H10ClN/c1-12-9(7-11)6-8-4-2-3-5-10(8)12/h2-6H,7H2,1H3. The van der Waals surface area contributed by atoms with Crippen LogP contribution in [0.15, 0.2) is 30.3 Å². The van der Waals surface area contributed by atoms with Crippen LogP contribution in [0.3, 0.4) is 0 Å². The van der Waals surface area contributed by atoms with Gasteiger partial charge >= 0.3 is 0 Å². The monoisotopic (exact) mass is 179 g/mol. The molecule has 1 heterocycles. The number of rotatable bonds is 1. The molecule has 0 fully saturated rings. The van der Waals surface area contributed by atoms with Crippen LogP contribution in [0.2, 0.25) is 0 Å². The number of aryl methyl sites for hydroxylation is 1. The molecule has 0 saturated carbocycles. The maximum Gasteiger partial charge on any atom is 0.0627 e. The molecule has 0 atom stereocenters. The molecular formula is C10H10ClN. The van der Waals surface area contributed by atoms with Gasteiger partial charge in [-0.15, -0.1) is 11.6 Å². The Labute approximate surface area is 76.6 Å². The van der Waals surface area contributed by atoms with Gasteiger partial charge in [0.05, 0.1) is 5.88 Å². The molecule has 62 valence electrons. The molecule has 0 saturated heterocycles. The van der Waals surface area contributed by atoms with Crippen LogP contribution in [0.5, 0.6) is 0 Å². The second-order valence-corrected chi connectivity index (χ2v) is 3.15. The molecule has 2 aromatic rings. The molecule has 0 aliphatic heterocycles. The Morgan fingerprint density at radius 1 is 1.33 bits per heavy atom. The van der Waals surface area contributed by atoms with E-state index in [1.165, 1.54) is 10.9 Å². The predicted molar refractivity (Wildman–Crippen MR) is 52.5 cm³/mol. The van der Waals surface area contributed by atoms with E-state index in [4.69, 9.17) is 11.6 Å². The fraction of sp³-hybridized carbons (Fsp3) is 0.200. The summed E-state index contributed by atoms with van der Waals surface area (Å²) in [6, 6.07) is 10.4. The first-order valence-electron chi connectivity index (χ1n) is 3.92. The third kappa shape index (κ3) is 1.01. The summed E-state index contributed by atoms with van der Waals surface area (Å²) in [5.41, 5.74) is 2.41. The summed E-state index contributed by atoms with van der Waals surface area (Å²) in [5.74, 6) is 0.575. The summed E-state index contributed by atoms with van der Waals surface area (Å²) in [4.78, 5) is 0. The number of benzene rings is 1. The van der Waals surface area contributed by atoms with Gasteiger partial charge in [-0.3, -0.25) is 0 Å². The topological polar surface area (TPSA) is 4.93 Å². The van der Waals surface area contributed by atoms with Gasteiger partial charge in [-0.05, 0) is 17.5 Å². The van der Waals surface area contributed by atoms with E-state index in [1.54, 1.807) is 0 Å². The third-order valence-corrected chi connectivity index (χ3v) is 2.46. The lowest BCUT2D eigenvalue weighted by Crippen LogP contribution is -1.91. The molecule has 2 heteroatoms. The number of aromatic nitrogens is 1. The van der Waals surface area contributed by atoms with Crippen molar-refractivity contribution in [1.82, 2.24) is 4.57 Å². The van der Waals surface area contributed by atoms with Crippen LogP contribution < -0.4 is 0 Å². The first-order valence-corrected chi connectivity index (χ1v) is 4.45. The van der Waals surface area contributed by atoms with Crippen LogP contribution >= 0.6 is 11.6 Å². The number of hydrogen-bond donors (Lipinski definition) is 0. The van der Waals surface area contributed by atoms with Crippen molar-refractivity contribution in [2.45, 2.75) is 5.88 Å². The fourth-order valence-electron chi connectivity index (χ4n) is 1.47. The normalized spacial score (nSPS) is 10.8. The number of halogens is 1. The highest BCUT2D eigenvalue weighted by Crippen LogP contribution is 2.18. The van der Waals surface area contributed by atoms with Crippen molar-refractivity contribution in [3.8, 4) is 0 Å². The van der Waals surface area contributed by atoms with Gasteiger partial charge < -0.3 is 4.57 Å². The number of alkyl halides is 1. The van der Waals surface area contributed by atoms with Crippen LogP contribution in [-0.4, -0.2) is 4.57 Å². The summed E-state index contributed by atoms with van der Waals surface area (Å²) in [7, 11) is 2.04. The van der Waals surface area contributed by atoms with Gasteiger partial charge in [0.2, 0.25) is 0 Å². The van der Waals surface area contributed by atoms with Crippen LogP contribution in [0, 0.1) is 0 Å². The number of fused-ring (bicyclic) bond motifs is 1. The van der Waals surface area contributed by atoms with Crippen LogP contribution in [-0.2, 0) is 12.9 Å². The Morgan fingerprint density at radius 2 is 2.08 bits per heavy atom. The first-order chi connectivity index (χ1) is 5.83. The fourth-order valence-corrected chi connectivity index (χ4v) is 1.73. The van der Waals surface area contributed by atoms with E-state index < -0.39 is 0 Å². The quantitative estimate of drug-likeness (QED) is 0.594. The van der Waals surface area contributed by atoms with Crippen LogP contribution in [0.25, 0.3) is 10.9 Å². The summed E-state index contributed by atoms with van der Waals surface area (Å²) in [6.07, 6.45) is 0. The summed E-state index contributed by atoms with van der Waals surface area (Å²) in [6.45, 7) is 0. The first kappa shape index (κ1) is 7.69. The minimum atomic E-state index is 0.575. The number of hydrogen-bond acceptors (Lipinski definition) is 0. The van der Waals surface area contributed by atoms with E-state index in [0.29, 0.717) is 5.88 Å². The second kappa shape index (κ2) is 2.83. The van der Waals surface area contributed by atoms with Gasteiger partial charge in [0.1, 0.15) is 0 Å². The predicted octanol–water partition coefficient (Wildman–Crippen LogP) is 2.92. The largest absolute Gasteiger partial charge is 0.346 e. The van der Waals surface area contributed by atoms with Crippen molar-refractivity contribution in [1.29, 1.82) is 0 Å². The molecule has 1 aromatic carbocycles. The molecule has 0 bridgehead atoms. The zero-order valence-corrected chi connectivity index (χ0v) is 7.67. The maximum atomic E-state index is 5.78. The lowest BCUT2D eigenvalue weighted by atomic mass is 10.2. The molecule has 2 rings (SSSR count). The molecular weight excluding hydrogens is 170 g/mol. The van der Waals surface area contributed by atoms with Crippen molar-refractivity contribution in [2.75, 3.05) is 0 Å². The molecule has 0 amide bonds. The van der Waals surface area contributed by atoms with E-state index in [1.807, 2.05) is 19.2 Å². The Morgan fingerprint density at radius 3 is 2.75 bits per heavy atom. The Hall–Kier alpha value is -0.950. The van der Waals surface area contributed by atoms with Crippen molar-refractivity contribution in [3.05, 3.63) is 36.0 Å². The highest BCUT2D eigenvalue weighted by molar-refractivity contribution is 6.17. The van der Waals surface area contributed by atoms with E-state index in [9.17, 15) is 0 Å². The van der Waals surface area contributed by atoms with Gasteiger partial charge in [0.15, 0.2) is 0 Å². The summed E-state index contributed by atoms with van der Waals surface area (Å²) in [5, 5.41) is 1.26. The lowest BCUT2D eigenvalue weighted by molar-refractivity contribution is 0.907. The van der Waals surface area contributed by atoms with Gasteiger partial charge in [-0.2, -0.15) is 0 Å². The average molecular weight is 180 g/mol. The van der Waals surface area contributed by atoms with Crippen molar-refractivity contribution >= 4 is 22.5 Å². The van der Waals surface area contributed by atoms with Crippen molar-refractivity contribution in [3.63, 3.8) is 0 Å². The van der Waals surface area contributed by atoms with Gasteiger partial charge in [-0.1, -0.05) is 18.2 Å². The smallest absolute Gasteiger partial charge is 0.0627 e. The maximum absolute atomic E-state index is 5.78. The van der Waals surface area contributed by atoms with E-state index in [0.717, 1.165) is 5.69 Å². The Bertz CT molecular complexity index is 403. The van der Waals surface area contributed by atoms with Gasteiger partial charge in [-0.25, -0.2) is 0 Å². The lowest BCUT2D eigenvalue weighted by Gasteiger charge is -1.98. The third-order valence-electron chi connectivity index (χ3n) is 2.19. The minimum Gasteiger partial charge on any atom is -0.346 e. The van der Waals surface area contributed by atoms with E-state index in [-0.39, 0.29) is 0 Å². The number of nitrogens with zero attached hydrogens (tertiary/aromatic N) is 1. The van der Waals surface area contributed by atoms with Crippen molar-refractivity contribution in [2.24, 2.45) is 7.05 Å². The Balaban J connectivity index is 2.78. The molecule has 12 heavy (non-hydrogen) atoms. The molecule has 0 N–H and O–H groups in total. The Kier molecular flexibility index (Phi) is 1.81. The van der Waals surface area contributed by atoms with Gasteiger partial charge in [0.25, 0.3) is 0 Å². The highest BCUT2D eigenvalue weighted by Gasteiger charge is 2.02. The highest BCUT2D eigenvalue weighted by atomic mass is 35.5. The average Bonchev–Trinajstić information content (AvgIpc) is 2.44. The summed E-state index contributed by atoms with van der Waals surface area (Å²) >= 11 is 5.78. The second-order valence-electron chi connectivity index (χ2n) is 2.89. The van der Waals surface area contributed by atoms with Gasteiger partial charge in [0, 0.05) is 18.3 Å². The molecule has 0 aliphatic carbocycles. The molecule has 0 unspecified atom stereocenters. The molecule has 0 radical (unpaired) electrons. The van der Waals surface area contributed by atoms with Crippen LogP contribution in [0.1, 0.15) is 5.69 Å². The molecule has 0 spiro atoms. The summed E-state index contributed by atoms with van der Waals surface area (Å²) < 4.78 is 2.13. The van der Waals surface area contributed by atoms with E-state index in [2.05, 4.69) is 22.8 Å². The molecule has 1 aromatic heterocycles. The SMILES string of the molecule is Cn1c(CCl)cc2ccccc21. The van der Waals surface area contributed by atoms with Crippen LogP contribution in [0.4, 0.5) is 0 Å². The zero-order valence-electron chi connectivity index (χ0n) is 6.92. The molecule has 0 aliphatic rings. The van der Waals surface area contributed by atoms with Crippen molar-refractivity contribution < 1.29 is 0 Å².